The van der Waals surface area contributed by atoms with Gasteiger partial charge in [-0.3, -0.25) is 15.2 Å². The Hall–Kier alpha value is -2.95. The van der Waals surface area contributed by atoms with E-state index in [1.54, 1.807) is 37.5 Å². The Morgan fingerprint density at radius 1 is 1.30 bits per heavy atom. The van der Waals surface area contributed by atoms with Gasteiger partial charge in [0.1, 0.15) is 11.5 Å². The lowest BCUT2D eigenvalue weighted by molar-refractivity contribution is -0.114. The van der Waals surface area contributed by atoms with Crippen molar-refractivity contribution in [3.05, 3.63) is 66.0 Å². The number of amides is 1. The third-order valence-corrected chi connectivity index (χ3v) is 3.36. The van der Waals surface area contributed by atoms with Crippen LogP contribution >= 0.6 is 0 Å². The maximum absolute atomic E-state index is 11.9. The number of benzene rings is 1. The Kier molecular flexibility index (Phi) is 5.63. The van der Waals surface area contributed by atoms with Crippen molar-refractivity contribution in [2.24, 2.45) is 0 Å². The number of phenolic OH excluding ortho intramolecular Hbond substituents is 1. The van der Waals surface area contributed by atoms with E-state index in [9.17, 15) is 9.90 Å². The van der Waals surface area contributed by atoms with Gasteiger partial charge in [0, 0.05) is 18.9 Å². The molecule has 2 aromatic rings. The molecule has 0 bridgehead atoms. The van der Waals surface area contributed by atoms with E-state index in [0.717, 1.165) is 16.7 Å². The van der Waals surface area contributed by atoms with Gasteiger partial charge in [0.25, 0.3) is 5.91 Å². The van der Waals surface area contributed by atoms with Crippen LogP contribution in [0, 0.1) is 5.41 Å². The fourth-order valence-corrected chi connectivity index (χ4v) is 2.08. The molecule has 0 saturated heterocycles. The molecule has 0 aliphatic carbocycles. The number of hydrogen-bond acceptors (Lipinski definition) is 4. The fraction of sp³-hybridized carbons (Fsp3) is 0.167. The molecular formula is C18H19N3O2. The smallest absolute Gasteiger partial charge is 0.269 e. The van der Waals surface area contributed by atoms with Crippen LogP contribution < -0.4 is 5.32 Å². The highest BCUT2D eigenvalue weighted by molar-refractivity contribution is 6.43. The largest absolute Gasteiger partial charge is 0.508 e. The number of aromatic hydroxyl groups is 1. The van der Waals surface area contributed by atoms with Crippen molar-refractivity contribution in [3.63, 3.8) is 0 Å². The number of allylic oxidation sites excluding steroid dienone is 1. The quantitative estimate of drug-likeness (QED) is 0.717. The molecule has 1 aromatic carbocycles. The van der Waals surface area contributed by atoms with Crippen LogP contribution in [0.2, 0.25) is 0 Å². The number of nitrogens with one attached hydrogen (secondary N) is 2. The summed E-state index contributed by atoms with van der Waals surface area (Å²) >= 11 is 0. The predicted molar refractivity (Wildman–Crippen MR) is 90.4 cm³/mol. The average molecular weight is 309 g/mol. The van der Waals surface area contributed by atoms with E-state index < -0.39 is 5.91 Å². The van der Waals surface area contributed by atoms with Crippen LogP contribution in [0.1, 0.15) is 18.1 Å². The average Bonchev–Trinajstić information content (AvgIpc) is 2.55. The van der Waals surface area contributed by atoms with Crippen LogP contribution in [-0.2, 0) is 11.2 Å². The maximum atomic E-state index is 11.9. The highest BCUT2D eigenvalue weighted by atomic mass is 16.3. The zero-order valence-corrected chi connectivity index (χ0v) is 12.9. The lowest BCUT2D eigenvalue weighted by Gasteiger charge is -2.06. The third-order valence-electron chi connectivity index (χ3n) is 3.36. The molecule has 118 valence electrons. The minimum atomic E-state index is -0.418. The number of nitrogens with zero attached hydrogens (tertiary/aromatic N) is 1. The van der Waals surface area contributed by atoms with E-state index in [2.05, 4.69) is 10.3 Å². The number of phenols is 1. The normalized spacial score (nSPS) is 11.1. The van der Waals surface area contributed by atoms with Crippen LogP contribution in [0.25, 0.3) is 5.57 Å². The van der Waals surface area contributed by atoms with Crippen LogP contribution in [-0.4, -0.2) is 28.3 Å². The number of pyridine rings is 1. The van der Waals surface area contributed by atoms with E-state index in [-0.39, 0.29) is 11.5 Å². The Labute approximate surface area is 135 Å². The molecule has 0 unspecified atom stereocenters. The van der Waals surface area contributed by atoms with Gasteiger partial charge in [-0.05, 0) is 60.4 Å². The standard InChI is InChI=1S/C18H19N3O2/c1-13(15-3-2-4-16(22)12-15)11-17(19)18(23)21-10-7-14-5-8-20-9-6-14/h2-6,8-9,11-12,19,22H,7,10H2,1H3,(H,21,23)/b13-11+,19-17?. The predicted octanol–water partition coefficient (Wildman–Crippen LogP) is 2.57. The molecule has 1 aromatic heterocycles. The van der Waals surface area contributed by atoms with E-state index in [1.807, 2.05) is 18.2 Å². The zero-order valence-electron chi connectivity index (χ0n) is 12.9. The van der Waals surface area contributed by atoms with Crippen LogP contribution in [0.4, 0.5) is 0 Å². The second-order valence-corrected chi connectivity index (χ2v) is 5.15. The van der Waals surface area contributed by atoms with Gasteiger partial charge in [0.2, 0.25) is 0 Å². The first kappa shape index (κ1) is 16.4. The second-order valence-electron chi connectivity index (χ2n) is 5.15. The molecule has 0 fully saturated rings. The van der Waals surface area contributed by atoms with Gasteiger partial charge in [-0.25, -0.2) is 0 Å². The molecular weight excluding hydrogens is 290 g/mol. The van der Waals surface area contributed by atoms with Crippen molar-refractivity contribution < 1.29 is 9.90 Å². The number of carbonyl (C=O) groups is 1. The van der Waals surface area contributed by atoms with Crippen LogP contribution in [0.3, 0.4) is 0 Å². The molecule has 0 spiro atoms. The number of aromatic nitrogens is 1. The Bertz CT molecular complexity index is 724. The minimum Gasteiger partial charge on any atom is -0.508 e. The summed E-state index contributed by atoms with van der Waals surface area (Å²) in [5.74, 6) is -0.262. The highest BCUT2D eigenvalue weighted by Crippen LogP contribution is 2.18. The summed E-state index contributed by atoms with van der Waals surface area (Å²) in [4.78, 5) is 15.9. The first-order chi connectivity index (χ1) is 11.1. The van der Waals surface area contributed by atoms with E-state index in [0.29, 0.717) is 13.0 Å². The molecule has 0 saturated carbocycles. The SMILES string of the molecule is C/C(=C\C(=N)C(=O)NCCc1ccncc1)c1cccc(O)c1. The van der Waals surface area contributed by atoms with E-state index in [1.165, 1.54) is 6.08 Å². The summed E-state index contributed by atoms with van der Waals surface area (Å²) in [6.45, 7) is 2.26. The molecule has 1 heterocycles. The molecule has 0 atom stereocenters. The maximum Gasteiger partial charge on any atom is 0.269 e. The Morgan fingerprint density at radius 3 is 2.74 bits per heavy atom. The molecule has 5 nitrogen and oxygen atoms in total. The summed E-state index contributed by atoms with van der Waals surface area (Å²) < 4.78 is 0. The van der Waals surface area contributed by atoms with E-state index in [4.69, 9.17) is 5.41 Å². The lowest BCUT2D eigenvalue weighted by atomic mass is 10.1. The molecule has 23 heavy (non-hydrogen) atoms. The number of carbonyl (C=O) groups excluding carboxylic acids is 1. The summed E-state index contributed by atoms with van der Waals surface area (Å²) in [6.07, 6.45) is 5.61. The minimum absolute atomic E-state index is 0.111. The van der Waals surface area contributed by atoms with Crippen LogP contribution in [0.5, 0.6) is 5.75 Å². The molecule has 2 rings (SSSR count). The van der Waals surface area contributed by atoms with Crippen molar-refractivity contribution in [1.82, 2.24) is 10.3 Å². The number of hydrogen-bond donors (Lipinski definition) is 3. The van der Waals surface area contributed by atoms with Gasteiger partial charge >= 0.3 is 0 Å². The Balaban J connectivity index is 1.89. The van der Waals surface area contributed by atoms with Gasteiger partial charge in [0.15, 0.2) is 0 Å². The van der Waals surface area contributed by atoms with Crippen molar-refractivity contribution in [3.8, 4) is 5.75 Å². The monoisotopic (exact) mass is 309 g/mol. The molecule has 1 amide bonds. The fourth-order valence-electron chi connectivity index (χ4n) is 2.08. The molecule has 3 N–H and O–H groups in total. The van der Waals surface area contributed by atoms with E-state index >= 15 is 0 Å². The van der Waals surface area contributed by atoms with Crippen molar-refractivity contribution in [1.29, 1.82) is 5.41 Å². The van der Waals surface area contributed by atoms with Crippen LogP contribution in [0.15, 0.2) is 54.9 Å². The topological polar surface area (TPSA) is 86.1 Å². The summed E-state index contributed by atoms with van der Waals surface area (Å²) in [6, 6.07) is 10.5. The second kappa shape index (κ2) is 7.89. The third kappa shape index (κ3) is 5.07. The first-order valence-corrected chi connectivity index (χ1v) is 7.29. The lowest BCUT2D eigenvalue weighted by Crippen LogP contribution is -2.31. The van der Waals surface area contributed by atoms with Crippen molar-refractivity contribution in [2.75, 3.05) is 6.54 Å². The number of rotatable bonds is 6. The molecule has 0 aliphatic rings. The zero-order chi connectivity index (χ0) is 16.7. The van der Waals surface area contributed by atoms with Gasteiger partial charge in [-0.15, -0.1) is 0 Å². The summed E-state index contributed by atoms with van der Waals surface area (Å²) in [5, 5.41) is 20.0. The molecule has 0 aliphatic heterocycles. The van der Waals surface area contributed by atoms with Gasteiger partial charge in [0.05, 0.1) is 0 Å². The molecule has 5 heteroatoms. The first-order valence-electron chi connectivity index (χ1n) is 7.29. The summed E-state index contributed by atoms with van der Waals surface area (Å²) in [7, 11) is 0. The van der Waals surface area contributed by atoms with Gasteiger partial charge in [-0.2, -0.15) is 0 Å². The highest BCUT2D eigenvalue weighted by Gasteiger charge is 2.07. The van der Waals surface area contributed by atoms with Gasteiger partial charge in [-0.1, -0.05) is 12.1 Å². The van der Waals surface area contributed by atoms with Crippen molar-refractivity contribution in [2.45, 2.75) is 13.3 Å². The molecule has 0 radical (unpaired) electrons. The van der Waals surface area contributed by atoms with Gasteiger partial charge < -0.3 is 10.4 Å². The van der Waals surface area contributed by atoms with Crippen molar-refractivity contribution >= 4 is 17.2 Å². The summed E-state index contributed by atoms with van der Waals surface area (Å²) in [5.41, 5.74) is 2.49. The Morgan fingerprint density at radius 2 is 2.04 bits per heavy atom.